The molecule has 0 aliphatic carbocycles. The van der Waals surface area contributed by atoms with Crippen LogP contribution in [-0.2, 0) is 19.1 Å². The van der Waals surface area contributed by atoms with Crippen LogP contribution in [0.1, 0.15) is 37.9 Å². The lowest BCUT2D eigenvalue weighted by Gasteiger charge is -2.24. The first-order valence-electron chi connectivity index (χ1n) is 12.3. The van der Waals surface area contributed by atoms with Gasteiger partial charge >= 0.3 is 11.9 Å². The SMILES string of the molecule is C=CCOC(=O)C1=C(C)N=c2sc(=C3C(=O)N(CC)c4ccccc43)c(=O)n2C1c1ccc(OC(C)=O)cc1. The van der Waals surface area contributed by atoms with Crippen molar-refractivity contribution in [3.63, 3.8) is 0 Å². The first-order valence-corrected chi connectivity index (χ1v) is 13.1. The van der Waals surface area contributed by atoms with Crippen molar-refractivity contribution in [3.05, 3.63) is 103 Å². The normalized spacial score (nSPS) is 17.4. The van der Waals surface area contributed by atoms with Crippen molar-refractivity contribution in [3.8, 4) is 5.75 Å². The molecule has 2 aliphatic rings. The third-order valence-electron chi connectivity index (χ3n) is 6.47. The van der Waals surface area contributed by atoms with Gasteiger partial charge in [-0.25, -0.2) is 9.79 Å². The van der Waals surface area contributed by atoms with Crippen LogP contribution in [0.2, 0.25) is 0 Å². The number of ether oxygens (including phenoxy) is 2. The summed E-state index contributed by atoms with van der Waals surface area (Å²) in [5.74, 6) is -1.04. The Morgan fingerprint density at radius 3 is 2.51 bits per heavy atom. The number of carbonyl (C=O) groups is 3. The zero-order valence-corrected chi connectivity index (χ0v) is 22.4. The number of benzene rings is 2. The van der Waals surface area contributed by atoms with Crippen molar-refractivity contribution in [2.24, 2.45) is 4.99 Å². The van der Waals surface area contributed by atoms with Gasteiger partial charge in [0.1, 0.15) is 16.9 Å². The minimum absolute atomic E-state index is 0.0135. The van der Waals surface area contributed by atoms with Gasteiger partial charge in [-0.1, -0.05) is 54.3 Å². The maximum Gasteiger partial charge on any atom is 0.338 e. The average molecular weight is 544 g/mol. The van der Waals surface area contributed by atoms with Gasteiger partial charge in [0.2, 0.25) is 0 Å². The summed E-state index contributed by atoms with van der Waals surface area (Å²) in [6, 6.07) is 13.0. The molecule has 39 heavy (non-hydrogen) atoms. The van der Waals surface area contributed by atoms with Gasteiger partial charge in [0, 0.05) is 19.0 Å². The van der Waals surface area contributed by atoms with E-state index < -0.39 is 23.5 Å². The van der Waals surface area contributed by atoms with Gasteiger partial charge in [-0.3, -0.25) is 19.0 Å². The number of hydrogen-bond acceptors (Lipinski definition) is 8. The zero-order valence-electron chi connectivity index (χ0n) is 21.6. The molecule has 5 rings (SSSR count). The highest BCUT2D eigenvalue weighted by atomic mass is 32.1. The standard InChI is InChI=1S/C29H25N3O6S/c1-5-15-37-28(36)22-16(3)30-29-32(24(22)18-11-13-19(14-12-18)38-17(4)33)27(35)25(39-29)23-20-9-7-8-10-21(20)31(6-2)26(23)34/h5,7-14,24H,1,6,15H2,2-4H3. The molecule has 0 bridgehead atoms. The number of thiazole rings is 1. The molecular formula is C29H25N3O6S. The maximum atomic E-state index is 14.1. The number of hydrogen-bond donors (Lipinski definition) is 0. The predicted octanol–water partition coefficient (Wildman–Crippen LogP) is 2.63. The molecule has 0 fully saturated rings. The molecule has 1 aromatic heterocycles. The summed E-state index contributed by atoms with van der Waals surface area (Å²) in [4.78, 5) is 58.8. The van der Waals surface area contributed by atoms with Gasteiger partial charge in [-0.05, 0) is 37.6 Å². The molecule has 3 heterocycles. The quantitative estimate of drug-likeness (QED) is 0.269. The summed E-state index contributed by atoms with van der Waals surface area (Å²) < 4.78 is 12.2. The Morgan fingerprint density at radius 2 is 1.85 bits per heavy atom. The van der Waals surface area contributed by atoms with Crippen LogP contribution in [0.3, 0.4) is 0 Å². The van der Waals surface area contributed by atoms with Gasteiger partial charge in [-0.2, -0.15) is 0 Å². The highest BCUT2D eigenvalue weighted by Gasteiger charge is 2.37. The third-order valence-corrected chi connectivity index (χ3v) is 7.53. The van der Waals surface area contributed by atoms with Crippen LogP contribution < -0.4 is 24.5 Å². The molecule has 9 nitrogen and oxygen atoms in total. The highest BCUT2D eigenvalue weighted by molar-refractivity contribution is 7.07. The summed E-state index contributed by atoms with van der Waals surface area (Å²) in [5, 5.41) is 0. The van der Waals surface area contributed by atoms with Crippen LogP contribution in [0, 0.1) is 0 Å². The largest absolute Gasteiger partial charge is 0.458 e. The summed E-state index contributed by atoms with van der Waals surface area (Å²) >= 11 is 1.11. The Bertz CT molecular complexity index is 1750. The monoisotopic (exact) mass is 543 g/mol. The van der Waals surface area contributed by atoms with Crippen LogP contribution in [-0.4, -0.2) is 35.6 Å². The Morgan fingerprint density at radius 1 is 1.13 bits per heavy atom. The molecule has 2 aromatic carbocycles. The summed E-state index contributed by atoms with van der Waals surface area (Å²) in [5.41, 5.74) is 2.46. The number of amides is 1. The summed E-state index contributed by atoms with van der Waals surface area (Å²) in [6.45, 7) is 8.89. The molecule has 1 unspecified atom stereocenters. The highest BCUT2D eigenvalue weighted by Crippen LogP contribution is 2.35. The van der Waals surface area contributed by atoms with Crippen LogP contribution in [0.25, 0.3) is 5.57 Å². The molecule has 0 saturated carbocycles. The summed E-state index contributed by atoms with van der Waals surface area (Å²) in [6.07, 6.45) is 1.45. The van der Waals surface area contributed by atoms with E-state index in [1.54, 1.807) is 36.1 Å². The lowest BCUT2D eigenvalue weighted by Crippen LogP contribution is -2.41. The Hall–Kier alpha value is -4.57. The van der Waals surface area contributed by atoms with E-state index in [1.807, 2.05) is 31.2 Å². The van der Waals surface area contributed by atoms with Gasteiger partial charge in [0.05, 0.1) is 28.6 Å². The lowest BCUT2D eigenvalue weighted by molar-refractivity contribution is -0.138. The second kappa shape index (κ2) is 10.3. The van der Waals surface area contributed by atoms with Gasteiger partial charge in [0.25, 0.3) is 11.5 Å². The van der Waals surface area contributed by atoms with E-state index in [9.17, 15) is 19.2 Å². The van der Waals surface area contributed by atoms with E-state index in [1.165, 1.54) is 17.6 Å². The van der Waals surface area contributed by atoms with E-state index in [0.29, 0.717) is 39.5 Å². The molecule has 10 heteroatoms. The van der Waals surface area contributed by atoms with Gasteiger partial charge < -0.3 is 14.4 Å². The topological polar surface area (TPSA) is 107 Å². The molecule has 0 radical (unpaired) electrons. The van der Waals surface area contributed by atoms with Crippen molar-refractivity contribution in [2.75, 3.05) is 18.1 Å². The molecule has 0 spiro atoms. The van der Waals surface area contributed by atoms with Gasteiger partial charge in [0.15, 0.2) is 4.80 Å². The number of aromatic nitrogens is 1. The van der Waals surface area contributed by atoms with Crippen molar-refractivity contribution in [2.45, 2.75) is 26.8 Å². The Labute approximate surface area is 227 Å². The number of rotatable bonds is 6. The number of likely N-dealkylation sites (N-methyl/N-ethyl adjacent to an activating group) is 1. The Balaban J connectivity index is 1.76. The summed E-state index contributed by atoms with van der Waals surface area (Å²) in [7, 11) is 0. The first-order chi connectivity index (χ1) is 18.8. The number of esters is 2. The fourth-order valence-corrected chi connectivity index (χ4v) is 6.00. The van der Waals surface area contributed by atoms with Crippen LogP contribution in [0.15, 0.2) is 82.2 Å². The molecule has 1 amide bonds. The van der Waals surface area contributed by atoms with E-state index in [2.05, 4.69) is 11.6 Å². The predicted molar refractivity (Wildman–Crippen MR) is 146 cm³/mol. The Kier molecular flexibility index (Phi) is 6.88. The zero-order chi connectivity index (χ0) is 27.8. The first kappa shape index (κ1) is 26.1. The maximum absolute atomic E-state index is 14.1. The number of para-hydroxylation sites is 1. The van der Waals surface area contributed by atoms with Crippen molar-refractivity contribution in [1.29, 1.82) is 0 Å². The number of allylic oxidation sites excluding steroid dienone is 1. The minimum atomic E-state index is -0.881. The number of fused-ring (bicyclic) bond motifs is 2. The van der Waals surface area contributed by atoms with E-state index in [4.69, 9.17) is 9.47 Å². The van der Waals surface area contributed by atoms with E-state index in [0.717, 1.165) is 17.0 Å². The van der Waals surface area contributed by atoms with E-state index >= 15 is 0 Å². The second-order valence-electron chi connectivity index (χ2n) is 8.89. The molecule has 3 aromatic rings. The van der Waals surface area contributed by atoms with Gasteiger partial charge in [-0.15, -0.1) is 0 Å². The third kappa shape index (κ3) is 4.42. The van der Waals surface area contributed by atoms with Crippen LogP contribution in [0.5, 0.6) is 5.75 Å². The molecular weight excluding hydrogens is 518 g/mol. The van der Waals surface area contributed by atoms with E-state index in [-0.39, 0.29) is 22.6 Å². The number of anilines is 1. The fourth-order valence-electron chi connectivity index (χ4n) is 4.86. The van der Waals surface area contributed by atoms with Crippen molar-refractivity contribution >= 4 is 40.4 Å². The molecule has 0 N–H and O–H groups in total. The number of carbonyl (C=O) groups excluding carboxylic acids is 3. The molecule has 1 atom stereocenters. The second-order valence-corrected chi connectivity index (χ2v) is 9.87. The fraction of sp³-hybridized carbons (Fsp3) is 0.207. The van der Waals surface area contributed by atoms with Crippen molar-refractivity contribution < 1.29 is 23.9 Å². The lowest BCUT2D eigenvalue weighted by atomic mass is 9.96. The smallest absolute Gasteiger partial charge is 0.338 e. The average Bonchev–Trinajstić information content (AvgIpc) is 3.38. The van der Waals surface area contributed by atoms with Crippen LogP contribution in [0.4, 0.5) is 5.69 Å². The number of nitrogens with zero attached hydrogens (tertiary/aromatic N) is 3. The van der Waals surface area contributed by atoms with Crippen molar-refractivity contribution in [1.82, 2.24) is 4.57 Å². The molecule has 0 saturated heterocycles. The van der Waals surface area contributed by atoms with Crippen LogP contribution >= 0.6 is 11.3 Å². The minimum Gasteiger partial charge on any atom is -0.458 e. The molecule has 2 aliphatic heterocycles. The molecule has 198 valence electrons.